The summed E-state index contributed by atoms with van der Waals surface area (Å²) < 4.78 is 0.824. The molecule has 4 heteroatoms. The number of rotatable bonds is 3. The third kappa shape index (κ3) is 2.65. The van der Waals surface area contributed by atoms with Crippen LogP contribution in [0, 0.1) is 6.92 Å². The molecule has 20 heavy (non-hydrogen) atoms. The maximum atomic E-state index is 6.01. The SMILES string of the molecule is Cc1cc(NC(C)c2ccc(Cl)s2)c2ccccc2n1. The van der Waals surface area contributed by atoms with Crippen molar-refractivity contribution in [2.75, 3.05) is 5.32 Å². The Hall–Kier alpha value is -1.58. The van der Waals surface area contributed by atoms with Gasteiger partial charge in [-0.1, -0.05) is 29.8 Å². The summed E-state index contributed by atoms with van der Waals surface area (Å²) in [6, 6.07) is 14.5. The molecule has 3 aromatic rings. The van der Waals surface area contributed by atoms with Crippen molar-refractivity contribution >= 4 is 39.5 Å². The Morgan fingerprint density at radius 3 is 2.75 bits per heavy atom. The second kappa shape index (κ2) is 5.43. The second-order valence-electron chi connectivity index (χ2n) is 4.84. The van der Waals surface area contributed by atoms with Crippen LogP contribution in [0.1, 0.15) is 23.5 Å². The highest BCUT2D eigenvalue weighted by atomic mass is 35.5. The molecule has 1 atom stereocenters. The van der Waals surface area contributed by atoms with E-state index < -0.39 is 0 Å². The molecule has 0 aliphatic rings. The Morgan fingerprint density at radius 1 is 1.20 bits per heavy atom. The van der Waals surface area contributed by atoms with Crippen LogP contribution < -0.4 is 5.32 Å². The van der Waals surface area contributed by atoms with Crippen LogP contribution in [0.5, 0.6) is 0 Å². The Labute approximate surface area is 127 Å². The number of nitrogens with zero attached hydrogens (tertiary/aromatic N) is 1. The summed E-state index contributed by atoms with van der Waals surface area (Å²) in [5.41, 5.74) is 3.15. The minimum absolute atomic E-state index is 0.220. The van der Waals surface area contributed by atoms with Gasteiger partial charge in [0, 0.05) is 21.6 Å². The first kappa shape index (κ1) is 13.4. The summed E-state index contributed by atoms with van der Waals surface area (Å²) >= 11 is 7.62. The Balaban J connectivity index is 1.98. The van der Waals surface area contributed by atoms with E-state index in [4.69, 9.17) is 11.6 Å². The van der Waals surface area contributed by atoms with Crippen molar-refractivity contribution in [2.45, 2.75) is 19.9 Å². The van der Waals surface area contributed by atoms with Gasteiger partial charge >= 0.3 is 0 Å². The normalized spacial score (nSPS) is 12.6. The Morgan fingerprint density at radius 2 is 2.00 bits per heavy atom. The van der Waals surface area contributed by atoms with Gasteiger partial charge in [-0.3, -0.25) is 4.98 Å². The van der Waals surface area contributed by atoms with Crippen molar-refractivity contribution in [3.05, 3.63) is 57.4 Å². The number of nitrogens with one attached hydrogen (secondary N) is 1. The van der Waals surface area contributed by atoms with Crippen LogP contribution in [0.2, 0.25) is 4.34 Å². The molecule has 3 rings (SSSR count). The van der Waals surface area contributed by atoms with Crippen LogP contribution in [-0.4, -0.2) is 4.98 Å². The van der Waals surface area contributed by atoms with E-state index in [9.17, 15) is 0 Å². The zero-order valence-corrected chi connectivity index (χ0v) is 12.9. The summed E-state index contributed by atoms with van der Waals surface area (Å²) in [4.78, 5) is 5.79. The van der Waals surface area contributed by atoms with E-state index in [0.717, 1.165) is 26.6 Å². The average Bonchev–Trinajstić information content (AvgIpc) is 2.85. The number of hydrogen-bond acceptors (Lipinski definition) is 3. The number of halogens is 1. The lowest BCUT2D eigenvalue weighted by atomic mass is 10.1. The van der Waals surface area contributed by atoms with Crippen LogP contribution in [0.3, 0.4) is 0 Å². The molecule has 1 aromatic carbocycles. The van der Waals surface area contributed by atoms with Crippen molar-refractivity contribution < 1.29 is 0 Å². The molecule has 2 heterocycles. The van der Waals surface area contributed by atoms with Gasteiger partial charge in [0.15, 0.2) is 0 Å². The monoisotopic (exact) mass is 302 g/mol. The summed E-state index contributed by atoms with van der Waals surface area (Å²) in [6.07, 6.45) is 0. The minimum Gasteiger partial charge on any atom is -0.377 e. The van der Waals surface area contributed by atoms with Gasteiger partial charge in [-0.2, -0.15) is 0 Å². The quantitative estimate of drug-likeness (QED) is 0.697. The van der Waals surface area contributed by atoms with Gasteiger partial charge in [-0.25, -0.2) is 0 Å². The molecule has 0 aliphatic carbocycles. The first-order valence-corrected chi connectivity index (χ1v) is 7.71. The molecule has 0 spiro atoms. The lowest BCUT2D eigenvalue weighted by molar-refractivity contribution is 0.909. The maximum absolute atomic E-state index is 6.01. The number of benzene rings is 1. The van der Waals surface area contributed by atoms with Crippen molar-refractivity contribution in [3.8, 4) is 0 Å². The van der Waals surface area contributed by atoms with Gasteiger partial charge in [-0.05, 0) is 38.1 Å². The Bertz CT molecular complexity index is 751. The van der Waals surface area contributed by atoms with Gasteiger partial charge < -0.3 is 5.32 Å². The largest absolute Gasteiger partial charge is 0.377 e. The zero-order chi connectivity index (χ0) is 14.1. The van der Waals surface area contributed by atoms with E-state index in [0.29, 0.717) is 0 Å². The predicted molar refractivity (Wildman–Crippen MR) is 87.8 cm³/mol. The molecule has 0 fully saturated rings. The summed E-state index contributed by atoms with van der Waals surface area (Å²) in [5, 5.41) is 4.71. The fourth-order valence-electron chi connectivity index (χ4n) is 2.29. The second-order valence-corrected chi connectivity index (χ2v) is 6.58. The van der Waals surface area contributed by atoms with Crippen molar-refractivity contribution in [2.24, 2.45) is 0 Å². The molecule has 102 valence electrons. The van der Waals surface area contributed by atoms with E-state index in [1.165, 1.54) is 4.88 Å². The maximum Gasteiger partial charge on any atom is 0.0932 e. The highest BCUT2D eigenvalue weighted by Crippen LogP contribution is 2.31. The number of fused-ring (bicyclic) bond motifs is 1. The van der Waals surface area contributed by atoms with Crippen molar-refractivity contribution in [3.63, 3.8) is 0 Å². The van der Waals surface area contributed by atoms with Gasteiger partial charge in [0.2, 0.25) is 0 Å². The van der Waals surface area contributed by atoms with E-state index in [1.807, 2.05) is 31.2 Å². The third-order valence-corrected chi connectivity index (χ3v) is 4.65. The van der Waals surface area contributed by atoms with Crippen LogP contribution in [0.4, 0.5) is 5.69 Å². The lowest BCUT2D eigenvalue weighted by Gasteiger charge is -2.16. The standard InChI is InChI=1S/C16H15ClN2S/c1-10-9-14(12-5-3-4-6-13(12)18-10)19-11(2)15-7-8-16(17)20-15/h3-9,11H,1-2H3,(H,18,19). The van der Waals surface area contributed by atoms with Gasteiger partial charge in [0.25, 0.3) is 0 Å². The lowest BCUT2D eigenvalue weighted by Crippen LogP contribution is -2.06. The van der Waals surface area contributed by atoms with Gasteiger partial charge in [0.1, 0.15) is 0 Å². The molecule has 2 nitrogen and oxygen atoms in total. The number of pyridine rings is 1. The first-order valence-electron chi connectivity index (χ1n) is 6.51. The van der Waals surface area contributed by atoms with Crippen LogP contribution in [0.15, 0.2) is 42.5 Å². The van der Waals surface area contributed by atoms with Gasteiger partial charge in [0.05, 0.1) is 15.9 Å². The van der Waals surface area contributed by atoms with Gasteiger partial charge in [-0.15, -0.1) is 11.3 Å². The summed E-state index contributed by atoms with van der Waals surface area (Å²) in [7, 11) is 0. The molecule has 0 saturated heterocycles. The number of aryl methyl sites for hydroxylation is 1. The molecule has 0 bridgehead atoms. The van der Waals surface area contributed by atoms with E-state index in [1.54, 1.807) is 11.3 Å². The number of aromatic nitrogens is 1. The molecular formula is C16H15ClN2S. The summed E-state index contributed by atoms with van der Waals surface area (Å²) in [6.45, 7) is 4.16. The minimum atomic E-state index is 0.220. The smallest absolute Gasteiger partial charge is 0.0932 e. The van der Waals surface area contributed by atoms with Crippen LogP contribution >= 0.6 is 22.9 Å². The number of thiophene rings is 1. The van der Waals surface area contributed by atoms with Crippen LogP contribution in [0.25, 0.3) is 10.9 Å². The average molecular weight is 303 g/mol. The van der Waals surface area contributed by atoms with E-state index >= 15 is 0 Å². The third-order valence-electron chi connectivity index (χ3n) is 3.24. The number of para-hydroxylation sites is 1. The highest BCUT2D eigenvalue weighted by Gasteiger charge is 2.10. The van der Waals surface area contributed by atoms with E-state index in [-0.39, 0.29) is 6.04 Å². The number of anilines is 1. The fraction of sp³-hybridized carbons (Fsp3) is 0.188. The molecule has 0 amide bonds. The van der Waals surface area contributed by atoms with Crippen molar-refractivity contribution in [1.82, 2.24) is 4.98 Å². The molecule has 0 saturated carbocycles. The zero-order valence-electron chi connectivity index (χ0n) is 11.4. The fourth-order valence-corrected chi connectivity index (χ4v) is 3.36. The predicted octanol–water partition coefficient (Wildman–Crippen LogP) is 5.43. The molecule has 2 aromatic heterocycles. The first-order chi connectivity index (χ1) is 9.63. The Kier molecular flexibility index (Phi) is 3.64. The van der Waals surface area contributed by atoms with Crippen molar-refractivity contribution in [1.29, 1.82) is 0 Å². The molecule has 1 unspecified atom stereocenters. The van der Waals surface area contributed by atoms with E-state index in [2.05, 4.69) is 35.4 Å². The number of hydrogen-bond donors (Lipinski definition) is 1. The molecule has 1 N–H and O–H groups in total. The molecule has 0 aliphatic heterocycles. The highest BCUT2D eigenvalue weighted by molar-refractivity contribution is 7.16. The molecule has 0 radical (unpaired) electrons. The van der Waals surface area contributed by atoms with Crippen LogP contribution in [-0.2, 0) is 0 Å². The topological polar surface area (TPSA) is 24.9 Å². The molecular weight excluding hydrogens is 288 g/mol. The summed E-state index contributed by atoms with van der Waals surface area (Å²) in [5.74, 6) is 0.